The lowest BCUT2D eigenvalue weighted by Crippen LogP contribution is -2.48. The maximum Gasteiger partial charge on any atom is 0.267 e. The van der Waals surface area contributed by atoms with E-state index in [2.05, 4.69) is 10.3 Å². The summed E-state index contributed by atoms with van der Waals surface area (Å²) >= 11 is 1.55. The minimum Gasteiger partial charge on any atom is -0.485 e. The van der Waals surface area contributed by atoms with Gasteiger partial charge in [-0.1, -0.05) is 24.3 Å². The molecule has 3 aromatic rings. The van der Waals surface area contributed by atoms with E-state index in [-0.39, 0.29) is 18.4 Å². The van der Waals surface area contributed by atoms with Gasteiger partial charge < -0.3 is 19.7 Å². The van der Waals surface area contributed by atoms with Crippen molar-refractivity contribution in [2.75, 3.05) is 19.4 Å². The quantitative estimate of drug-likeness (QED) is 0.550. The Morgan fingerprint density at radius 2 is 1.91 bits per heavy atom. The molecule has 0 radical (unpaired) electrons. The second-order valence-electron chi connectivity index (χ2n) is 8.58. The monoisotopic (exact) mass is 489 g/mol. The predicted molar refractivity (Wildman–Crippen MR) is 134 cm³/mol. The average Bonchev–Trinajstić information content (AvgIpc) is 2.91. The number of nitrogens with zero attached hydrogens (tertiary/aromatic N) is 2. The first-order valence-electron chi connectivity index (χ1n) is 11.6. The number of para-hydroxylation sites is 2. The number of nitrogens with one attached hydrogen (secondary N) is 1. The Kier molecular flexibility index (Phi) is 6.63. The van der Waals surface area contributed by atoms with Gasteiger partial charge in [-0.25, -0.2) is 0 Å². The van der Waals surface area contributed by atoms with Crippen LogP contribution in [0.5, 0.6) is 11.5 Å². The number of fused-ring (bicyclic) bond motifs is 2. The number of benzene rings is 2. The summed E-state index contributed by atoms with van der Waals surface area (Å²) in [6, 6.07) is 15.0. The average molecular weight is 490 g/mol. The van der Waals surface area contributed by atoms with E-state index in [1.807, 2.05) is 67.9 Å². The number of aryl methyl sites for hydroxylation is 1. The van der Waals surface area contributed by atoms with Gasteiger partial charge >= 0.3 is 0 Å². The fourth-order valence-corrected chi connectivity index (χ4v) is 5.18. The van der Waals surface area contributed by atoms with Gasteiger partial charge in [-0.05, 0) is 60.6 Å². The molecule has 0 saturated heterocycles. The normalized spacial score (nSPS) is 16.4. The number of ether oxygens (including phenoxy) is 2. The predicted octanol–water partition coefficient (Wildman–Crippen LogP) is 3.77. The van der Waals surface area contributed by atoms with Crippen LogP contribution in [0.2, 0.25) is 0 Å². The Morgan fingerprint density at radius 1 is 1.14 bits per heavy atom. The number of carbonyl (C=O) groups is 2. The van der Waals surface area contributed by atoms with Crippen LogP contribution in [0.15, 0.2) is 59.6 Å². The smallest absolute Gasteiger partial charge is 0.267 e. The molecule has 3 heterocycles. The lowest BCUT2D eigenvalue weighted by atomic mass is 9.94. The zero-order valence-corrected chi connectivity index (χ0v) is 20.6. The molecule has 2 aliphatic heterocycles. The third kappa shape index (κ3) is 4.71. The highest BCUT2D eigenvalue weighted by molar-refractivity contribution is 7.98. The van der Waals surface area contributed by atoms with Crippen LogP contribution in [0.4, 0.5) is 0 Å². The van der Waals surface area contributed by atoms with E-state index in [0.29, 0.717) is 43.1 Å². The van der Waals surface area contributed by atoms with E-state index >= 15 is 0 Å². The molecule has 0 aliphatic carbocycles. The molecule has 5 rings (SSSR count). The van der Waals surface area contributed by atoms with Crippen molar-refractivity contribution in [2.24, 2.45) is 0 Å². The number of thioether (sulfide) groups is 1. The van der Waals surface area contributed by atoms with Crippen LogP contribution in [-0.2, 0) is 24.3 Å². The number of amides is 2. The molecule has 7 nitrogen and oxygen atoms in total. The number of hydrogen-bond acceptors (Lipinski definition) is 6. The maximum absolute atomic E-state index is 13.2. The Hall–Kier alpha value is -3.52. The summed E-state index contributed by atoms with van der Waals surface area (Å²) in [5, 5.41) is 3.07. The van der Waals surface area contributed by atoms with E-state index in [1.54, 1.807) is 16.7 Å². The molecule has 180 valence electrons. The Balaban J connectivity index is 1.28. The van der Waals surface area contributed by atoms with Crippen LogP contribution in [-0.4, -0.2) is 47.2 Å². The molecule has 2 aromatic carbocycles. The van der Waals surface area contributed by atoms with Crippen LogP contribution < -0.4 is 14.8 Å². The van der Waals surface area contributed by atoms with Crippen molar-refractivity contribution in [3.63, 3.8) is 0 Å². The SMILES string of the molecule is CSc1ccccc1C(=O)NCc1c(C)ncc2c1CCN(C(=O)C1COc3ccccc3O1)C2. The van der Waals surface area contributed by atoms with Gasteiger partial charge in [0.25, 0.3) is 11.8 Å². The molecule has 0 bridgehead atoms. The van der Waals surface area contributed by atoms with Gasteiger partial charge in [0.15, 0.2) is 11.5 Å². The Bertz CT molecular complexity index is 1280. The number of rotatable bonds is 5. The molecule has 0 spiro atoms. The molecule has 0 fully saturated rings. The summed E-state index contributed by atoms with van der Waals surface area (Å²) in [7, 11) is 0. The fraction of sp³-hybridized carbons (Fsp3) is 0.296. The van der Waals surface area contributed by atoms with Crippen molar-refractivity contribution >= 4 is 23.6 Å². The number of carbonyl (C=O) groups excluding carboxylic acids is 2. The van der Waals surface area contributed by atoms with Crippen LogP contribution in [0.25, 0.3) is 0 Å². The minimum absolute atomic E-state index is 0.0887. The van der Waals surface area contributed by atoms with E-state index in [0.717, 1.165) is 27.3 Å². The number of hydrogen-bond donors (Lipinski definition) is 1. The van der Waals surface area contributed by atoms with Crippen molar-refractivity contribution in [3.8, 4) is 11.5 Å². The van der Waals surface area contributed by atoms with Gasteiger partial charge in [0.2, 0.25) is 6.10 Å². The standard InChI is InChI=1S/C27H27N3O4S/c1-17-21(14-29-26(31)20-7-3-6-10-25(20)35-2)19-11-12-30(15-18(19)13-28-17)27(32)24-16-33-22-8-4-5-9-23(22)34-24/h3-10,13,24H,11-12,14-16H2,1-2H3,(H,29,31). The lowest BCUT2D eigenvalue weighted by molar-refractivity contribution is -0.142. The summed E-state index contributed by atoms with van der Waals surface area (Å²) in [5.74, 6) is 1.06. The molecule has 1 N–H and O–H groups in total. The van der Waals surface area contributed by atoms with Gasteiger partial charge in [0.05, 0.1) is 5.56 Å². The lowest BCUT2D eigenvalue weighted by Gasteiger charge is -2.34. The first-order chi connectivity index (χ1) is 17.0. The van der Waals surface area contributed by atoms with Crippen molar-refractivity contribution in [3.05, 3.63) is 82.7 Å². The molecule has 1 aromatic heterocycles. The molecule has 2 amide bonds. The number of aromatic nitrogens is 1. The van der Waals surface area contributed by atoms with Crippen LogP contribution in [0, 0.1) is 6.92 Å². The number of pyridine rings is 1. The zero-order chi connectivity index (χ0) is 24.4. The van der Waals surface area contributed by atoms with E-state index in [4.69, 9.17) is 9.47 Å². The van der Waals surface area contributed by atoms with Crippen molar-refractivity contribution in [2.45, 2.75) is 37.4 Å². The van der Waals surface area contributed by atoms with Crippen molar-refractivity contribution < 1.29 is 19.1 Å². The molecule has 35 heavy (non-hydrogen) atoms. The second kappa shape index (κ2) is 10.00. The largest absolute Gasteiger partial charge is 0.485 e. The van der Waals surface area contributed by atoms with Gasteiger partial charge in [-0.15, -0.1) is 11.8 Å². The first-order valence-corrected chi connectivity index (χ1v) is 12.8. The fourth-order valence-electron chi connectivity index (χ4n) is 4.59. The second-order valence-corrected chi connectivity index (χ2v) is 9.43. The topological polar surface area (TPSA) is 80.8 Å². The molecule has 1 atom stereocenters. The van der Waals surface area contributed by atoms with Gasteiger partial charge in [0.1, 0.15) is 6.61 Å². The maximum atomic E-state index is 13.2. The highest BCUT2D eigenvalue weighted by Crippen LogP contribution is 2.32. The Morgan fingerprint density at radius 3 is 2.74 bits per heavy atom. The molecule has 1 unspecified atom stereocenters. The molecule has 0 saturated carbocycles. The molecule has 2 aliphatic rings. The summed E-state index contributed by atoms with van der Waals surface area (Å²) in [6.07, 6.45) is 3.83. The van der Waals surface area contributed by atoms with Crippen LogP contribution >= 0.6 is 11.8 Å². The van der Waals surface area contributed by atoms with Crippen molar-refractivity contribution in [1.29, 1.82) is 0 Å². The van der Waals surface area contributed by atoms with Crippen LogP contribution in [0.3, 0.4) is 0 Å². The van der Waals surface area contributed by atoms with E-state index in [1.165, 1.54) is 0 Å². The van der Waals surface area contributed by atoms with E-state index < -0.39 is 6.10 Å². The molecular formula is C27H27N3O4S. The van der Waals surface area contributed by atoms with Gasteiger partial charge in [0, 0.05) is 36.4 Å². The van der Waals surface area contributed by atoms with Gasteiger partial charge in [-0.3, -0.25) is 14.6 Å². The Labute approximate surface area is 208 Å². The zero-order valence-electron chi connectivity index (χ0n) is 19.7. The first kappa shape index (κ1) is 23.2. The molecule has 8 heteroatoms. The highest BCUT2D eigenvalue weighted by atomic mass is 32.2. The minimum atomic E-state index is -0.667. The van der Waals surface area contributed by atoms with Crippen LogP contribution in [0.1, 0.15) is 32.7 Å². The summed E-state index contributed by atoms with van der Waals surface area (Å²) in [6.45, 7) is 3.58. The van der Waals surface area contributed by atoms with E-state index in [9.17, 15) is 9.59 Å². The molecular weight excluding hydrogens is 462 g/mol. The van der Waals surface area contributed by atoms with Gasteiger partial charge in [-0.2, -0.15) is 0 Å². The van der Waals surface area contributed by atoms with Crippen molar-refractivity contribution in [1.82, 2.24) is 15.2 Å². The summed E-state index contributed by atoms with van der Waals surface area (Å²) in [5.41, 5.74) is 4.74. The summed E-state index contributed by atoms with van der Waals surface area (Å²) in [4.78, 5) is 33.4. The third-order valence-electron chi connectivity index (χ3n) is 6.47. The highest BCUT2D eigenvalue weighted by Gasteiger charge is 2.33. The summed E-state index contributed by atoms with van der Waals surface area (Å²) < 4.78 is 11.7. The third-order valence-corrected chi connectivity index (χ3v) is 7.26.